The van der Waals surface area contributed by atoms with E-state index in [2.05, 4.69) is 0 Å². The Morgan fingerprint density at radius 3 is 2.17 bits per heavy atom. The number of Topliss-reactive ketones (excluding diaryl/α,β-unsaturated/α-hetero) is 2. The second-order valence-corrected chi connectivity index (χ2v) is 16.1. The first kappa shape index (κ1) is 43.3. The van der Waals surface area contributed by atoms with Gasteiger partial charge in [-0.25, -0.2) is 0 Å². The Bertz CT molecular complexity index is 1410. The van der Waals surface area contributed by atoms with Gasteiger partial charge in [-0.05, 0) is 56.1 Å². The van der Waals surface area contributed by atoms with Gasteiger partial charge in [0.15, 0.2) is 5.78 Å². The number of hydrogen-bond acceptors (Lipinski definition) is 9. The highest BCUT2D eigenvalue weighted by Crippen LogP contribution is 2.43. The number of nitrogens with two attached hydrogens (primary N) is 1. The molecule has 1 aliphatic heterocycles. The van der Waals surface area contributed by atoms with Crippen LogP contribution in [0.5, 0.6) is 0 Å². The zero-order valence-electron chi connectivity index (χ0n) is 33.5. The predicted molar refractivity (Wildman–Crippen MR) is 200 cm³/mol. The van der Waals surface area contributed by atoms with E-state index >= 15 is 0 Å². The molecule has 0 unspecified atom stereocenters. The number of carbonyl (C=O) groups excluding carboxylic acids is 5. The van der Waals surface area contributed by atoms with Crippen LogP contribution in [0.1, 0.15) is 104 Å². The number of likely N-dealkylation sites (N-methyl/N-ethyl adjacent to an activating group) is 1. The Labute approximate surface area is 311 Å². The molecule has 9 atom stereocenters. The van der Waals surface area contributed by atoms with Crippen LogP contribution in [0.25, 0.3) is 0 Å². The van der Waals surface area contributed by atoms with Gasteiger partial charge < -0.3 is 29.7 Å². The summed E-state index contributed by atoms with van der Waals surface area (Å²) < 4.78 is 17.1. The molecule has 11 nitrogen and oxygen atoms in total. The molecule has 0 aromatic heterocycles. The zero-order chi connectivity index (χ0) is 39.1. The van der Waals surface area contributed by atoms with Gasteiger partial charge in [0.1, 0.15) is 5.78 Å². The lowest BCUT2D eigenvalue weighted by molar-refractivity contribution is -0.150. The molecule has 0 bridgehead atoms. The molecule has 2 aliphatic rings. The van der Waals surface area contributed by atoms with Crippen molar-refractivity contribution in [2.24, 2.45) is 35.3 Å². The molecule has 1 aromatic rings. The Kier molecular flexibility index (Phi) is 15.6. The third-order valence-corrected chi connectivity index (χ3v) is 11.9. The van der Waals surface area contributed by atoms with Gasteiger partial charge in [-0.15, -0.1) is 0 Å². The van der Waals surface area contributed by atoms with Crippen LogP contribution in [0, 0.1) is 29.6 Å². The van der Waals surface area contributed by atoms with Gasteiger partial charge in [0.2, 0.25) is 11.8 Å². The summed E-state index contributed by atoms with van der Waals surface area (Å²) in [5, 5.41) is 0. The molecule has 1 aromatic carbocycles. The van der Waals surface area contributed by atoms with E-state index in [0.29, 0.717) is 13.0 Å². The standard InChI is InChI=1S/C41H65N3O8/c1-12-25(4)37(43(8)39(48)29(24(2)3)22-35(46)41(6,7)42)34(50-9)23-36(47)44-19-15-18-32(44)38(51-10)26(5)33(45)21-31(40(49)52-11)30-20-27-16-13-14-17-28(27)30/h13-14,16-17,24-26,29-32,34,37-38H,12,15,18-23,42H2,1-11H3/t25-,26-,29-,30-,31+,32-,34+,37-,38+/m0/s1. The number of nitrogens with zero attached hydrogens (tertiary/aromatic N) is 2. The van der Waals surface area contributed by atoms with Crippen molar-refractivity contribution in [3.05, 3.63) is 35.4 Å². The zero-order valence-corrected chi connectivity index (χ0v) is 33.5. The molecule has 52 heavy (non-hydrogen) atoms. The molecule has 2 N–H and O–H groups in total. The highest BCUT2D eigenvalue weighted by Gasteiger charge is 2.45. The number of methoxy groups -OCH3 is 3. The van der Waals surface area contributed by atoms with Gasteiger partial charge in [0.25, 0.3) is 0 Å². The Morgan fingerprint density at radius 2 is 1.63 bits per heavy atom. The number of benzene rings is 1. The molecule has 1 heterocycles. The quantitative estimate of drug-likeness (QED) is 0.184. The number of likely N-dealkylation sites (tertiary alicyclic amines) is 1. The van der Waals surface area contributed by atoms with Crippen LogP contribution in [0.15, 0.2) is 24.3 Å². The molecule has 1 fully saturated rings. The van der Waals surface area contributed by atoms with E-state index in [1.165, 1.54) is 12.7 Å². The van der Waals surface area contributed by atoms with Gasteiger partial charge in [0, 0.05) is 58.4 Å². The van der Waals surface area contributed by atoms with Gasteiger partial charge >= 0.3 is 5.97 Å². The van der Waals surface area contributed by atoms with E-state index in [-0.39, 0.29) is 66.4 Å². The summed E-state index contributed by atoms with van der Waals surface area (Å²) in [4.78, 5) is 71.4. The second kappa shape index (κ2) is 18.7. The molecule has 2 amide bonds. The largest absolute Gasteiger partial charge is 0.469 e. The molecule has 0 spiro atoms. The summed E-state index contributed by atoms with van der Waals surface area (Å²) in [5.74, 6) is -2.91. The Hall–Kier alpha value is -3.15. The first-order valence-electron chi connectivity index (χ1n) is 19.0. The lowest BCUT2D eigenvalue weighted by atomic mass is 9.68. The van der Waals surface area contributed by atoms with Crippen molar-refractivity contribution < 1.29 is 38.2 Å². The maximum atomic E-state index is 14.2. The maximum Gasteiger partial charge on any atom is 0.309 e. The molecule has 292 valence electrons. The maximum absolute atomic E-state index is 14.2. The van der Waals surface area contributed by atoms with E-state index in [0.717, 1.165) is 24.8 Å². The highest BCUT2D eigenvalue weighted by molar-refractivity contribution is 5.92. The molecule has 1 aliphatic carbocycles. The second-order valence-electron chi connectivity index (χ2n) is 16.1. The average molecular weight is 728 g/mol. The number of carbonyl (C=O) groups is 5. The van der Waals surface area contributed by atoms with Gasteiger partial charge in [0.05, 0.1) is 49.3 Å². The minimum absolute atomic E-state index is 0.00899. The minimum atomic E-state index is -1.05. The van der Waals surface area contributed by atoms with E-state index in [1.54, 1.807) is 44.9 Å². The third-order valence-electron chi connectivity index (χ3n) is 11.9. The smallest absolute Gasteiger partial charge is 0.309 e. The topological polar surface area (TPSA) is 146 Å². The van der Waals surface area contributed by atoms with Crippen LogP contribution >= 0.6 is 0 Å². The van der Waals surface area contributed by atoms with Gasteiger partial charge in [-0.3, -0.25) is 24.0 Å². The number of ketones is 2. The molecule has 1 saturated heterocycles. The van der Waals surface area contributed by atoms with Gasteiger partial charge in [-0.2, -0.15) is 0 Å². The van der Waals surface area contributed by atoms with Crippen molar-refractivity contribution in [2.75, 3.05) is 34.9 Å². The SMILES string of the molecule is CC[C@H](C)[C@@H]([C@@H](CC(=O)N1CCC[C@H]1[C@H](OC)[C@@H](C)C(=O)C[C@@H](C(=O)OC)[C@H]1Cc2ccccc21)OC)N(C)C(=O)[C@@H](CC(=O)C(C)(C)N)C(C)C. The van der Waals surface area contributed by atoms with Crippen LogP contribution in [-0.4, -0.2) is 104 Å². The summed E-state index contributed by atoms with van der Waals surface area (Å²) in [6, 6.07) is 7.20. The van der Waals surface area contributed by atoms with Crippen LogP contribution in [0.2, 0.25) is 0 Å². The van der Waals surface area contributed by atoms with Crippen LogP contribution in [0.3, 0.4) is 0 Å². The molecule has 3 rings (SSSR count). The predicted octanol–water partition coefficient (Wildman–Crippen LogP) is 4.96. The number of rotatable bonds is 20. The summed E-state index contributed by atoms with van der Waals surface area (Å²) in [6.45, 7) is 13.6. The van der Waals surface area contributed by atoms with Crippen LogP contribution < -0.4 is 5.73 Å². The van der Waals surface area contributed by atoms with Crippen molar-refractivity contribution in [3.63, 3.8) is 0 Å². The first-order chi connectivity index (χ1) is 24.4. The fraction of sp³-hybridized carbons (Fsp3) is 0.732. The summed E-state index contributed by atoms with van der Waals surface area (Å²) in [5.41, 5.74) is 7.30. The van der Waals surface area contributed by atoms with Crippen molar-refractivity contribution in [2.45, 2.75) is 129 Å². The number of esters is 1. The number of amides is 2. The molecule has 0 radical (unpaired) electrons. The number of fused-ring (bicyclic) bond motifs is 1. The van der Waals surface area contributed by atoms with Crippen molar-refractivity contribution in [1.29, 1.82) is 0 Å². The van der Waals surface area contributed by atoms with Crippen molar-refractivity contribution in [3.8, 4) is 0 Å². The monoisotopic (exact) mass is 727 g/mol. The first-order valence-corrected chi connectivity index (χ1v) is 19.0. The third kappa shape index (κ3) is 9.88. The normalized spacial score (nSPS) is 21.2. The van der Waals surface area contributed by atoms with Crippen molar-refractivity contribution in [1.82, 2.24) is 9.80 Å². The molecule has 11 heteroatoms. The Balaban J connectivity index is 1.78. The van der Waals surface area contributed by atoms with Gasteiger partial charge in [-0.1, -0.05) is 65.3 Å². The number of ether oxygens (including phenoxy) is 3. The molecular formula is C41H65N3O8. The molecular weight excluding hydrogens is 662 g/mol. The van der Waals surface area contributed by atoms with E-state index in [1.807, 2.05) is 58.9 Å². The number of hydrogen-bond donors (Lipinski definition) is 1. The van der Waals surface area contributed by atoms with Crippen molar-refractivity contribution >= 4 is 29.4 Å². The van der Waals surface area contributed by atoms with Crippen LogP contribution in [0.4, 0.5) is 0 Å². The lowest BCUT2D eigenvalue weighted by Gasteiger charge is -2.41. The lowest BCUT2D eigenvalue weighted by Crippen LogP contribution is -2.54. The average Bonchev–Trinajstić information content (AvgIpc) is 3.58. The fourth-order valence-electron chi connectivity index (χ4n) is 8.27. The highest BCUT2D eigenvalue weighted by atomic mass is 16.5. The summed E-state index contributed by atoms with van der Waals surface area (Å²) >= 11 is 0. The van der Waals surface area contributed by atoms with Crippen LogP contribution in [-0.2, 0) is 44.6 Å². The van der Waals surface area contributed by atoms with E-state index < -0.39 is 47.5 Å². The summed E-state index contributed by atoms with van der Waals surface area (Å²) in [6.07, 6.45) is 1.81. The Morgan fingerprint density at radius 1 is 0.981 bits per heavy atom. The molecule has 0 saturated carbocycles. The van der Waals surface area contributed by atoms with E-state index in [4.69, 9.17) is 19.9 Å². The van der Waals surface area contributed by atoms with E-state index in [9.17, 15) is 24.0 Å². The summed E-state index contributed by atoms with van der Waals surface area (Å²) in [7, 11) is 6.21. The fourth-order valence-corrected chi connectivity index (χ4v) is 8.27. The minimum Gasteiger partial charge on any atom is -0.469 e.